The minimum absolute atomic E-state index is 0.363. The summed E-state index contributed by atoms with van der Waals surface area (Å²) in [6, 6.07) is 8.33. The van der Waals surface area contributed by atoms with E-state index in [-0.39, 0.29) is 0 Å². The molecule has 1 fully saturated rings. The number of nitrogens with one attached hydrogen (secondary N) is 2. The maximum Gasteiger partial charge on any atom is 0.191 e. The highest BCUT2D eigenvalue weighted by molar-refractivity contribution is 5.79. The number of para-hydroxylation sites is 1. The van der Waals surface area contributed by atoms with Gasteiger partial charge < -0.3 is 19.9 Å². The quantitative estimate of drug-likeness (QED) is 0.565. The molecule has 1 saturated carbocycles. The second-order valence-corrected chi connectivity index (χ2v) is 6.97. The van der Waals surface area contributed by atoms with Crippen LogP contribution in [0.1, 0.15) is 31.2 Å². The molecule has 6 heteroatoms. The zero-order valence-electron chi connectivity index (χ0n) is 15.7. The molecule has 2 N–H and O–H groups in total. The molecular weight excluding hydrogens is 326 g/mol. The average molecular weight is 355 g/mol. The van der Waals surface area contributed by atoms with Crippen molar-refractivity contribution in [2.75, 3.05) is 27.3 Å². The molecule has 2 aromatic rings. The largest absolute Gasteiger partial charge is 0.385 e. The molecule has 0 atom stereocenters. The van der Waals surface area contributed by atoms with E-state index in [1.54, 1.807) is 13.3 Å². The lowest BCUT2D eigenvalue weighted by atomic mass is 9.67. The van der Waals surface area contributed by atoms with Gasteiger partial charge in [0.25, 0.3) is 0 Å². The molecule has 140 valence electrons. The lowest BCUT2D eigenvalue weighted by molar-refractivity contribution is 0.0732. The van der Waals surface area contributed by atoms with E-state index in [0.29, 0.717) is 12.0 Å². The van der Waals surface area contributed by atoms with Gasteiger partial charge >= 0.3 is 0 Å². The Morgan fingerprint density at radius 3 is 2.81 bits per heavy atom. The van der Waals surface area contributed by atoms with Crippen molar-refractivity contribution in [3.8, 4) is 5.69 Å². The number of ether oxygens (including phenoxy) is 1. The Morgan fingerprint density at radius 1 is 1.31 bits per heavy atom. The summed E-state index contributed by atoms with van der Waals surface area (Å²) in [5.41, 5.74) is 2.69. The number of hydrogen-bond acceptors (Lipinski definition) is 3. The molecule has 0 aliphatic heterocycles. The molecule has 0 saturated heterocycles. The number of imidazole rings is 1. The Kier molecular flexibility index (Phi) is 6.28. The predicted octanol–water partition coefficient (Wildman–Crippen LogP) is 2.74. The highest BCUT2D eigenvalue weighted by atomic mass is 16.5. The predicted molar refractivity (Wildman–Crippen MR) is 105 cm³/mol. The number of rotatable bonds is 8. The average Bonchev–Trinajstić information content (AvgIpc) is 3.17. The zero-order valence-corrected chi connectivity index (χ0v) is 15.7. The second kappa shape index (κ2) is 8.85. The third-order valence-electron chi connectivity index (χ3n) is 5.33. The number of aromatic nitrogens is 2. The van der Waals surface area contributed by atoms with Crippen molar-refractivity contribution >= 4 is 5.96 Å². The van der Waals surface area contributed by atoms with Crippen LogP contribution in [0.3, 0.4) is 0 Å². The smallest absolute Gasteiger partial charge is 0.191 e. The molecular formula is C20H29N5O. The number of methoxy groups -OCH3 is 1. The molecule has 3 rings (SSSR count). The fraction of sp³-hybridized carbons (Fsp3) is 0.500. The topological polar surface area (TPSA) is 63.5 Å². The minimum atomic E-state index is 0.363. The Bertz CT molecular complexity index is 707. The molecule has 0 amide bonds. The Labute approximate surface area is 155 Å². The van der Waals surface area contributed by atoms with Gasteiger partial charge in [-0.1, -0.05) is 24.6 Å². The molecule has 0 unspecified atom stereocenters. The van der Waals surface area contributed by atoms with Gasteiger partial charge in [0.2, 0.25) is 0 Å². The van der Waals surface area contributed by atoms with E-state index in [2.05, 4.69) is 38.8 Å². The van der Waals surface area contributed by atoms with E-state index in [1.165, 1.54) is 24.8 Å². The van der Waals surface area contributed by atoms with Crippen LogP contribution in [0.25, 0.3) is 5.69 Å². The van der Waals surface area contributed by atoms with E-state index in [4.69, 9.17) is 4.74 Å². The summed E-state index contributed by atoms with van der Waals surface area (Å²) in [5.74, 6) is 0.842. The van der Waals surface area contributed by atoms with Crippen LogP contribution in [0.5, 0.6) is 0 Å². The molecule has 1 aliphatic rings. The summed E-state index contributed by atoms with van der Waals surface area (Å²) in [6.07, 6.45) is 10.5. The van der Waals surface area contributed by atoms with Crippen LogP contribution in [-0.4, -0.2) is 42.8 Å². The molecule has 1 aliphatic carbocycles. The highest BCUT2D eigenvalue weighted by Gasteiger charge is 2.36. The normalized spacial score (nSPS) is 16.2. The Balaban J connectivity index is 1.57. The monoisotopic (exact) mass is 355 g/mol. The SMILES string of the molecule is CN=C(NCc1ccccc1-n1ccnc1)NCC1(CCOC)CCC1. The van der Waals surface area contributed by atoms with Crippen molar-refractivity contribution in [1.29, 1.82) is 0 Å². The first kappa shape index (κ1) is 18.5. The molecule has 1 heterocycles. The van der Waals surface area contributed by atoms with E-state index in [1.807, 2.05) is 30.2 Å². The van der Waals surface area contributed by atoms with E-state index >= 15 is 0 Å². The van der Waals surface area contributed by atoms with Crippen molar-refractivity contribution in [1.82, 2.24) is 20.2 Å². The molecule has 1 aromatic carbocycles. The summed E-state index contributed by atoms with van der Waals surface area (Å²) < 4.78 is 7.31. The summed E-state index contributed by atoms with van der Waals surface area (Å²) in [7, 11) is 3.59. The van der Waals surface area contributed by atoms with Crippen LogP contribution in [0, 0.1) is 5.41 Å². The summed E-state index contributed by atoms with van der Waals surface area (Å²) in [6.45, 7) is 2.48. The van der Waals surface area contributed by atoms with Gasteiger partial charge in [0.15, 0.2) is 5.96 Å². The molecule has 0 spiro atoms. The maximum absolute atomic E-state index is 5.28. The van der Waals surface area contributed by atoms with Gasteiger partial charge in [0, 0.05) is 46.2 Å². The van der Waals surface area contributed by atoms with Gasteiger partial charge in [-0.15, -0.1) is 0 Å². The van der Waals surface area contributed by atoms with Crippen LogP contribution in [0.4, 0.5) is 0 Å². The van der Waals surface area contributed by atoms with Gasteiger partial charge in [-0.05, 0) is 36.3 Å². The van der Waals surface area contributed by atoms with Crippen LogP contribution in [0.2, 0.25) is 0 Å². The Hall–Kier alpha value is -2.34. The van der Waals surface area contributed by atoms with Crippen LogP contribution in [-0.2, 0) is 11.3 Å². The summed E-state index contributed by atoms with van der Waals surface area (Å²) in [4.78, 5) is 8.53. The molecule has 1 aromatic heterocycles. The summed E-state index contributed by atoms with van der Waals surface area (Å²) >= 11 is 0. The van der Waals surface area contributed by atoms with Crippen LogP contribution < -0.4 is 10.6 Å². The fourth-order valence-electron chi connectivity index (χ4n) is 3.50. The lowest BCUT2D eigenvalue weighted by Crippen LogP contribution is -2.46. The van der Waals surface area contributed by atoms with Gasteiger partial charge in [-0.2, -0.15) is 0 Å². The fourth-order valence-corrected chi connectivity index (χ4v) is 3.50. The first-order valence-corrected chi connectivity index (χ1v) is 9.26. The van der Waals surface area contributed by atoms with Gasteiger partial charge in [-0.3, -0.25) is 4.99 Å². The number of aliphatic imine (C=N–C) groups is 1. The summed E-state index contributed by atoms with van der Waals surface area (Å²) in [5, 5.41) is 6.95. The third-order valence-corrected chi connectivity index (χ3v) is 5.33. The van der Waals surface area contributed by atoms with Crippen molar-refractivity contribution < 1.29 is 4.74 Å². The molecule has 26 heavy (non-hydrogen) atoms. The first-order chi connectivity index (χ1) is 12.8. The highest BCUT2D eigenvalue weighted by Crippen LogP contribution is 2.43. The van der Waals surface area contributed by atoms with Crippen molar-refractivity contribution in [3.63, 3.8) is 0 Å². The van der Waals surface area contributed by atoms with Crippen LogP contribution in [0.15, 0.2) is 48.0 Å². The lowest BCUT2D eigenvalue weighted by Gasteiger charge is -2.42. The molecule has 6 nitrogen and oxygen atoms in total. The van der Waals surface area contributed by atoms with E-state index in [0.717, 1.165) is 31.2 Å². The second-order valence-electron chi connectivity index (χ2n) is 6.97. The van der Waals surface area contributed by atoms with Crippen LogP contribution >= 0.6 is 0 Å². The number of nitrogens with zero attached hydrogens (tertiary/aromatic N) is 3. The Morgan fingerprint density at radius 2 is 2.15 bits per heavy atom. The standard InChI is InChI=1S/C20H29N5O/c1-21-19(24-15-20(8-5-9-20)10-13-26-2)23-14-17-6-3-4-7-18(17)25-12-11-22-16-25/h3-4,6-7,11-12,16H,5,8-10,13-15H2,1-2H3,(H2,21,23,24). The van der Waals surface area contributed by atoms with Gasteiger partial charge in [0.05, 0.1) is 12.0 Å². The van der Waals surface area contributed by atoms with Crippen molar-refractivity contribution in [2.24, 2.45) is 10.4 Å². The van der Waals surface area contributed by atoms with E-state index in [9.17, 15) is 0 Å². The number of guanidine groups is 1. The maximum atomic E-state index is 5.28. The van der Waals surface area contributed by atoms with Crippen molar-refractivity contribution in [3.05, 3.63) is 48.5 Å². The number of benzene rings is 1. The number of hydrogen-bond donors (Lipinski definition) is 2. The zero-order chi connectivity index (χ0) is 18.2. The minimum Gasteiger partial charge on any atom is -0.385 e. The first-order valence-electron chi connectivity index (χ1n) is 9.26. The van der Waals surface area contributed by atoms with Crippen molar-refractivity contribution in [2.45, 2.75) is 32.2 Å². The molecule has 0 bridgehead atoms. The van der Waals surface area contributed by atoms with Gasteiger partial charge in [-0.25, -0.2) is 4.98 Å². The van der Waals surface area contributed by atoms with Gasteiger partial charge in [0.1, 0.15) is 0 Å². The third kappa shape index (κ3) is 4.43. The molecule has 0 radical (unpaired) electrons. The van der Waals surface area contributed by atoms with E-state index < -0.39 is 0 Å².